The Hall–Kier alpha value is -0.470. The Kier molecular flexibility index (Phi) is 9.02. The van der Waals surface area contributed by atoms with Gasteiger partial charge in [0.15, 0.2) is 0 Å². The highest BCUT2D eigenvalue weighted by atomic mass is 32.2. The van der Waals surface area contributed by atoms with Crippen LogP contribution in [0.3, 0.4) is 0 Å². The van der Waals surface area contributed by atoms with Crippen LogP contribution < -0.4 is 5.32 Å². The fraction of sp³-hybridized carbons (Fsp3) is 0.647. The monoisotopic (exact) mass is 279 g/mol. The van der Waals surface area contributed by atoms with E-state index >= 15 is 0 Å². The highest BCUT2D eigenvalue weighted by Gasteiger charge is 2.17. The second-order valence-corrected chi connectivity index (χ2v) is 6.55. The van der Waals surface area contributed by atoms with Crippen molar-refractivity contribution in [3.8, 4) is 0 Å². The number of benzene rings is 1. The molecule has 0 amide bonds. The number of hydrogen-bond acceptors (Lipinski definition) is 2. The SMILES string of the molecule is CCCNC(c1ccccc1)C(C)CCCSCC. The normalized spacial score (nSPS) is 14.3. The van der Waals surface area contributed by atoms with E-state index in [0.29, 0.717) is 12.0 Å². The van der Waals surface area contributed by atoms with E-state index < -0.39 is 0 Å². The Labute approximate surface area is 123 Å². The van der Waals surface area contributed by atoms with Gasteiger partial charge in [0, 0.05) is 6.04 Å². The first-order valence-corrected chi connectivity index (χ1v) is 8.81. The van der Waals surface area contributed by atoms with E-state index in [1.165, 1.54) is 36.3 Å². The van der Waals surface area contributed by atoms with Crippen molar-refractivity contribution in [1.82, 2.24) is 5.32 Å². The predicted molar refractivity (Wildman–Crippen MR) is 88.9 cm³/mol. The molecule has 0 fully saturated rings. The lowest BCUT2D eigenvalue weighted by Crippen LogP contribution is -2.27. The minimum Gasteiger partial charge on any atom is -0.310 e. The van der Waals surface area contributed by atoms with Crippen LogP contribution in [-0.4, -0.2) is 18.1 Å². The minimum atomic E-state index is 0.507. The predicted octanol–water partition coefficient (Wildman–Crippen LogP) is 4.90. The Morgan fingerprint density at radius 3 is 2.53 bits per heavy atom. The summed E-state index contributed by atoms with van der Waals surface area (Å²) in [6.45, 7) is 7.96. The van der Waals surface area contributed by atoms with Crippen LogP contribution in [0.1, 0.15) is 51.6 Å². The van der Waals surface area contributed by atoms with Crippen molar-refractivity contribution >= 4 is 11.8 Å². The molecule has 0 radical (unpaired) electrons. The third-order valence-electron chi connectivity index (χ3n) is 3.49. The maximum absolute atomic E-state index is 3.72. The van der Waals surface area contributed by atoms with Gasteiger partial charge in [-0.25, -0.2) is 0 Å². The van der Waals surface area contributed by atoms with E-state index in [2.05, 4.69) is 68.2 Å². The van der Waals surface area contributed by atoms with Crippen LogP contribution >= 0.6 is 11.8 Å². The van der Waals surface area contributed by atoms with E-state index in [1.54, 1.807) is 0 Å². The molecule has 1 N–H and O–H groups in total. The van der Waals surface area contributed by atoms with Crippen LogP contribution in [0.25, 0.3) is 0 Å². The van der Waals surface area contributed by atoms with Gasteiger partial charge in [-0.1, -0.05) is 51.1 Å². The fourth-order valence-electron chi connectivity index (χ4n) is 2.43. The standard InChI is InChI=1S/C17H29NS/c1-4-13-18-17(16-11-7-6-8-12-16)15(3)10-9-14-19-5-2/h6-8,11-12,15,17-18H,4-5,9-10,13-14H2,1-3H3. The van der Waals surface area contributed by atoms with Gasteiger partial charge in [-0.3, -0.25) is 0 Å². The van der Waals surface area contributed by atoms with Gasteiger partial charge in [0.2, 0.25) is 0 Å². The van der Waals surface area contributed by atoms with E-state index in [9.17, 15) is 0 Å². The first-order valence-electron chi connectivity index (χ1n) is 7.65. The molecule has 108 valence electrons. The Balaban J connectivity index is 2.53. The van der Waals surface area contributed by atoms with Gasteiger partial charge < -0.3 is 5.32 Å². The second kappa shape index (κ2) is 10.3. The van der Waals surface area contributed by atoms with Crippen molar-refractivity contribution in [2.45, 2.75) is 46.1 Å². The molecule has 1 aromatic rings. The number of thioether (sulfide) groups is 1. The molecule has 0 bridgehead atoms. The summed E-state index contributed by atoms with van der Waals surface area (Å²) in [7, 11) is 0. The van der Waals surface area contributed by atoms with Crippen molar-refractivity contribution in [1.29, 1.82) is 0 Å². The van der Waals surface area contributed by atoms with Crippen molar-refractivity contribution in [2.75, 3.05) is 18.1 Å². The summed E-state index contributed by atoms with van der Waals surface area (Å²) in [6.07, 6.45) is 3.84. The summed E-state index contributed by atoms with van der Waals surface area (Å²) in [5, 5.41) is 3.72. The lowest BCUT2D eigenvalue weighted by atomic mass is 9.91. The Morgan fingerprint density at radius 1 is 1.16 bits per heavy atom. The summed E-state index contributed by atoms with van der Waals surface area (Å²) in [5.41, 5.74) is 1.44. The number of hydrogen-bond donors (Lipinski definition) is 1. The molecule has 0 aromatic heterocycles. The van der Waals surface area contributed by atoms with Crippen molar-refractivity contribution in [2.24, 2.45) is 5.92 Å². The summed E-state index contributed by atoms with van der Waals surface area (Å²) in [6, 6.07) is 11.4. The third kappa shape index (κ3) is 6.49. The van der Waals surface area contributed by atoms with Gasteiger partial charge in [-0.2, -0.15) is 11.8 Å². The zero-order valence-electron chi connectivity index (χ0n) is 12.7. The summed E-state index contributed by atoms with van der Waals surface area (Å²) >= 11 is 2.06. The molecule has 2 heteroatoms. The van der Waals surface area contributed by atoms with Crippen LogP contribution in [0, 0.1) is 5.92 Å². The summed E-state index contributed by atoms with van der Waals surface area (Å²) in [4.78, 5) is 0. The highest BCUT2D eigenvalue weighted by molar-refractivity contribution is 7.99. The molecule has 0 spiro atoms. The summed E-state index contributed by atoms with van der Waals surface area (Å²) < 4.78 is 0. The van der Waals surface area contributed by atoms with Gasteiger partial charge in [-0.05, 0) is 48.8 Å². The Morgan fingerprint density at radius 2 is 1.89 bits per heavy atom. The molecule has 0 saturated carbocycles. The van der Waals surface area contributed by atoms with E-state index in [-0.39, 0.29) is 0 Å². The van der Waals surface area contributed by atoms with E-state index in [4.69, 9.17) is 0 Å². The minimum absolute atomic E-state index is 0.507. The number of nitrogens with one attached hydrogen (secondary N) is 1. The molecule has 0 aliphatic rings. The fourth-order valence-corrected chi connectivity index (χ4v) is 3.09. The molecular formula is C17H29NS. The van der Waals surface area contributed by atoms with Crippen LogP contribution in [0.5, 0.6) is 0 Å². The van der Waals surface area contributed by atoms with Crippen LogP contribution in [-0.2, 0) is 0 Å². The molecule has 0 aliphatic heterocycles. The average molecular weight is 279 g/mol. The van der Waals surface area contributed by atoms with Crippen LogP contribution in [0.15, 0.2) is 30.3 Å². The lowest BCUT2D eigenvalue weighted by Gasteiger charge is -2.26. The van der Waals surface area contributed by atoms with Gasteiger partial charge in [0.25, 0.3) is 0 Å². The van der Waals surface area contributed by atoms with E-state index in [1.807, 2.05) is 0 Å². The maximum atomic E-state index is 3.72. The first kappa shape index (κ1) is 16.6. The number of rotatable bonds is 10. The molecule has 0 heterocycles. The maximum Gasteiger partial charge on any atom is 0.0346 e. The van der Waals surface area contributed by atoms with Crippen molar-refractivity contribution in [3.63, 3.8) is 0 Å². The van der Waals surface area contributed by atoms with Gasteiger partial charge >= 0.3 is 0 Å². The zero-order valence-corrected chi connectivity index (χ0v) is 13.5. The smallest absolute Gasteiger partial charge is 0.0346 e. The lowest BCUT2D eigenvalue weighted by molar-refractivity contribution is 0.364. The molecule has 1 aromatic carbocycles. The molecule has 0 aliphatic carbocycles. The molecule has 2 atom stereocenters. The molecule has 2 unspecified atom stereocenters. The van der Waals surface area contributed by atoms with Crippen LogP contribution in [0.2, 0.25) is 0 Å². The largest absolute Gasteiger partial charge is 0.310 e. The quantitative estimate of drug-likeness (QED) is 0.612. The van der Waals surface area contributed by atoms with Gasteiger partial charge in [-0.15, -0.1) is 0 Å². The average Bonchev–Trinajstić information content (AvgIpc) is 2.45. The Bertz CT molecular complexity index is 312. The van der Waals surface area contributed by atoms with E-state index in [0.717, 1.165) is 6.54 Å². The van der Waals surface area contributed by atoms with Crippen molar-refractivity contribution < 1.29 is 0 Å². The first-order chi connectivity index (χ1) is 9.29. The highest BCUT2D eigenvalue weighted by Crippen LogP contribution is 2.26. The topological polar surface area (TPSA) is 12.0 Å². The molecule has 1 rings (SSSR count). The molecule has 0 saturated heterocycles. The van der Waals surface area contributed by atoms with Gasteiger partial charge in [0.1, 0.15) is 0 Å². The third-order valence-corrected chi connectivity index (χ3v) is 4.48. The second-order valence-electron chi connectivity index (χ2n) is 5.16. The molecular weight excluding hydrogens is 250 g/mol. The molecule has 1 nitrogen and oxygen atoms in total. The zero-order chi connectivity index (χ0) is 13.9. The summed E-state index contributed by atoms with van der Waals surface area (Å²) in [5.74, 6) is 3.24. The molecule has 19 heavy (non-hydrogen) atoms. The van der Waals surface area contributed by atoms with Crippen molar-refractivity contribution in [3.05, 3.63) is 35.9 Å². The van der Waals surface area contributed by atoms with Gasteiger partial charge in [0.05, 0.1) is 0 Å². The van der Waals surface area contributed by atoms with Crippen LogP contribution in [0.4, 0.5) is 0 Å².